The maximum absolute atomic E-state index is 4.48. The summed E-state index contributed by atoms with van der Waals surface area (Å²) in [6.45, 7) is 6.41. The third-order valence-corrected chi connectivity index (χ3v) is 4.30. The summed E-state index contributed by atoms with van der Waals surface area (Å²) in [5, 5.41) is 11.1. The lowest BCUT2D eigenvalue weighted by molar-refractivity contribution is 0.555. The number of aromatic nitrogens is 4. The molecule has 3 N–H and O–H groups in total. The summed E-state index contributed by atoms with van der Waals surface area (Å²) in [5.74, 6) is 1.64. The van der Waals surface area contributed by atoms with E-state index in [1.807, 2.05) is 36.0 Å². The molecule has 3 aromatic rings. The van der Waals surface area contributed by atoms with Gasteiger partial charge in [-0.15, -0.1) is 0 Å². The third-order valence-electron chi connectivity index (χ3n) is 4.30. The summed E-state index contributed by atoms with van der Waals surface area (Å²) in [7, 11) is 1.77. The predicted octanol–water partition coefficient (Wildman–Crippen LogP) is 2.65. The molecule has 27 heavy (non-hydrogen) atoms. The van der Waals surface area contributed by atoms with Crippen molar-refractivity contribution in [3.63, 3.8) is 0 Å². The van der Waals surface area contributed by atoms with E-state index in [0.29, 0.717) is 6.54 Å². The molecule has 0 atom stereocenters. The highest BCUT2D eigenvalue weighted by Crippen LogP contribution is 2.15. The van der Waals surface area contributed by atoms with Crippen LogP contribution in [0.15, 0.2) is 47.6 Å². The number of aromatic amines is 1. The molecular weight excluding hydrogens is 338 g/mol. The number of hydrogen-bond acceptors (Lipinski definition) is 3. The van der Waals surface area contributed by atoms with Crippen molar-refractivity contribution in [1.82, 2.24) is 30.4 Å². The van der Waals surface area contributed by atoms with Gasteiger partial charge in [0.05, 0.1) is 24.1 Å². The van der Waals surface area contributed by atoms with Crippen molar-refractivity contribution in [2.24, 2.45) is 4.99 Å². The Bertz CT molecular complexity index is 877. The number of guanidine groups is 1. The molecule has 3 rings (SSSR count). The average molecular weight is 365 g/mol. The van der Waals surface area contributed by atoms with Crippen LogP contribution in [0.5, 0.6) is 0 Å². The van der Waals surface area contributed by atoms with Crippen LogP contribution in [0, 0.1) is 13.8 Å². The summed E-state index contributed by atoms with van der Waals surface area (Å²) >= 11 is 0. The van der Waals surface area contributed by atoms with Gasteiger partial charge in [-0.3, -0.25) is 9.67 Å². The molecule has 2 aromatic heterocycles. The van der Waals surface area contributed by atoms with E-state index < -0.39 is 0 Å². The molecule has 0 radical (unpaired) electrons. The first-order chi connectivity index (χ1) is 13.2. The van der Waals surface area contributed by atoms with Crippen LogP contribution in [-0.4, -0.2) is 39.3 Å². The predicted molar refractivity (Wildman–Crippen MR) is 109 cm³/mol. The van der Waals surface area contributed by atoms with Crippen LogP contribution >= 0.6 is 0 Å². The third kappa shape index (κ3) is 5.20. The smallest absolute Gasteiger partial charge is 0.191 e. The molecule has 7 nitrogen and oxygen atoms in total. The molecule has 0 aliphatic rings. The van der Waals surface area contributed by atoms with Crippen molar-refractivity contribution >= 4 is 5.96 Å². The van der Waals surface area contributed by atoms with Crippen LogP contribution in [0.3, 0.4) is 0 Å². The molecule has 1 aromatic carbocycles. The van der Waals surface area contributed by atoms with Gasteiger partial charge in [-0.1, -0.05) is 30.3 Å². The Morgan fingerprint density at radius 2 is 2.00 bits per heavy atom. The number of aryl methyl sites for hydroxylation is 3. The van der Waals surface area contributed by atoms with E-state index in [2.05, 4.69) is 55.8 Å². The van der Waals surface area contributed by atoms with E-state index in [4.69, 9.17) is 0 Å². The minimum atomic E-state index is 0.587. The number of hydrogen-bond donors (Lipinski definition) is 3. The molecule has 0 bridgehead atoms. The molecule has 0 spiro atoms. The molecule has 0 unspecified atom stereocenters. The molecule has 0 aliphatic carbocycles. The summed E-state index contributed by atoms with van der Waals surface area (Å²) in [5.41, 5.74) is 4.40. The van der Waals surface area contributed by atoms with Crippen molar-refractivity contribution in [2.75, 3.05) is 13.6 Å². The highest BCUT2D eigenvalue weighted by atomic mass is 15.3. The fraction of sp³-hybridized carbons (Fsp3) is 0.350. The quantitative estimate of drug-likeness (QED) is 0.341. The zero-order chi connectivity index (χ0) is 19.1. The Kier molecular flexibility index (Phi) is 6.25. The average Bonchev–Trinajstić information content (AvgIpc) is 3.28. The second-order valence-electron chi connectivity index (χ2n) is 6.47. The zero-order valence-electron chi connectivity index (χ0n) is 16.2. The lowest BCUT2D eigenvalue weighted by Gasteiger charge is -2.11. The number of aliphatic imine (C=N–C) groups is 1. The van der Waals surface area contributed by atoms with Crippen molar-refractivity contribution in [3.8, 4) is 11.3 Å². The topological polar surface area (TPSA) is 82.9 Å². The van der Waals surface area contributed by atoms with Gasteiger partial charge in [-0.05, 0) is 31.9 Å². The Hall–Kier alpha value is -3.09. The SMILES string of the molecule is CN=C(NCCCn1nc(C)cc1C)NCc1ncc(-c2ccccc2)[nH]1. The van der Waals surface area contributed by atoms with Crippen LogP contribution in [0.2, 0.25) is 0 Å². The Labute approximate surface area is 159 Å². The van der Waals surface area contributed by atoms with Gasteiger partial charge in [-0.25, -0.2) is 4.98 Å². The minimum Gasteiger partial charge on any atom is -0.356 e. The lowest BCUT2D eigenvalue weighted by atomic mass is 10.2. The van der Waals surface area contributed by atoms with Gasteiger partial charge in [0.15, 0.2) is 5.96 Å². The highest BCUT2D eigenvalue weighted by Gasteiger charge is 2.05. The van der Waals surface area contributed by atoms with Gasteiger partial charge < -0.3 is 15.6 Å². The second-order valence-corrected chi connectivity index (χ2v) is 6.47. The summed E-state index contributed by atoms with van der Waals surface area (Å²) < 4.78 is 2.04. The molecule has 0 amide bonds. The first kappa shape index (κ1) is 18.7. The molecule has 7 heteroatoms. The number of imidazole rings is 1. The Morgan fingerprint density at radius 1 is 1.19 bits per heavy atom. The van der Waals surface area contributed by atoms with Crippen LogP contribution in [0.1, 0.15) is 23.6 Å². The first-order valence-corrected chi connectivity index (χ1v) is 9.20. The van der Waals surface area contributed by atoms with E-state index in [1.54, 1.807) is 7.05 Å². The van der Waals surface area contributed by atoms with Gasteiger partial charge in [0.25, 0.3) is 0 Å². The number of H-pyrrole nitrogens is 1. The molecule has 142 valence electrons. The summed E-state index contributed by atoms with van der Waals surface area (Å²) in [6, 6.07) is 12.3. The minimum absolute atomic E-state index is 0.587. The fourth-order valence-corrected chi connectivity index (χ4v) is 2.94. The standard InChI is InChI=1S/C20H27N7/c1-15-12-16(2)27(26-15)11-7-10-22-20(21-3)24-14-19-23-13-18(25-19)17-8-5-4-6-9-17/h4-6,8-9,12-13H,7,10-11,14H2,1-3H3,(H,23,25)(H2,21,22,24). The Morgan fingerprint density at radius 3 is 2.70 bits per heavy atom. The van der Waals surface area contributed by atoms with E-state index in [0.717, 1.165) is 48.2 Å². The van der Waals surface area contributed by atoms with Crippen molar-refractivity contribution in [3.05, 3.63) is 59.8 Å². The fourth-order valence-electron chi connectivity index (χ4n) is 2.94. The lowest BCUT2D eigenvalue weighted by Crippen LogP contribution is -2.37. The molecule has 0 aliphatic heterocycles. The van der Waals surface area contributed by atoms with Crippen molar-refractivity contribution in [2.45, 2.75) is 33.4 Å². The zero-order valence-corrected chi connectivity index (χ0v) is 16.2. The van der Waals surface area contributed by atoms with Gasteiger partial charge in [0, 0.05) is 25.8 Å². The van der Waals surface area contributed by atoms with Gasteiger partial charge in [0.2, 0.25) is 0 Å². The number of nitrogens with zero attached hydrogens (tertiary/aromatic N) is 4. The summed E-state index contributed by atoms with van der Waals surface area (Å²) in [4.78, 5) is 12.0. The van der Waals surface area contributed by atoms with Gasteiger partial charge in [0.1, 0.15) is 5.82 Å². The normalized spacial score (nSPS) is 11.6. The molecular formula is C20H27N7. The number of rotatable bonds is 7. The van der Waals surface area contributed by atoms with Crippen LogP contribution in [0.4, 0.5) is 0 Å². The van der Waals surface area contributed by atoms with E-state index in [-0.39, 0.29) is 0 Å². The maximum Gasteiger partial charge on any atom is 0.191 e. The molecule has 0 fully saturated rings. The van der Waals surface area contributed by atoms with Crippen molar-refractivity contribution < 1.29 is 0 Å². The van der Waals surface area contributed by atoms with Crippen LogP contribution in [-0.2, 0) is 13.1 Å². The Balaban J connectivity index is 1.43. The second kappa shape index (κ2) is 9.02. The van der Waals surface area contributed by atoms with Gasteiger partial charge >= 0.3 is 0 Å². The number of benzene rings is 1. The molecule has 0 saturated heterocycles. The first-order valence-electron chi connectivity index (χ1n) is 9.20. The van der Waals surface area contributed by atoms with Gasteiger partial charge in [-0.2, -0.15) is 5.10 Å². The molecule has 2 heterocycles. The van der Waals surface area contributed by atoms with Crippen LogP contribution < -0.4 is 10.6 Å². The van der Waals surface area contributed by atoms with Crippen LogP contribution in [0.25, 0.3) is 11.3 Å². The maximum atomic E-state index is 4.48. The highest BCUT2D eigenvalue weighted by molar-refractivity contribution is 5.79. The van der Waals surface area contributed by atoms with E-state index in [9.17, 15) is 0 Å². The van der Waals surface area contributed by atoms with E-state index in [1.165, 1.54) is 5.69 Å². The van der Waals surface area contributed by atoms with Crippen molar-refractivity contribution in [1.29, 1.82) is 0 Å². The number of nitrogens with one attached hydrogen (secondary N) is 3. The summed E-state index contributed by atoms with van der Waals surface area (Å²) in [6.07, 6.45) is 2.83. The largest absolute Gasteiger partial charge is 0.356 e. The van der Waals surface area contributed by atoms with E-state index >= 15 is 0 Å². The molecule has 0 saturated carbocycles. The monoisotopic (exact) mass is 365 g/mol.